The highest BCUT2D eigenvalue weighted by Gasteiger charge is 2.28. The van der Waals surface area contributed by atoms with Crippen LogP contribution in [0.1, 0.15) is 19.3 Å². The lowest BCUT2D eigenvalue weighted by Crippen LogP contribution is -2.42. The van der Waals surface area contributed by atoms with Crippen molar-refractivity contribution in [3.05, 3.63) is 30.1 Å². The van der Waals surface area contributed by atoms with Gasteiger partial charge in [0.15, 0.2) is 5.96 Å². The zero-order valence-electron chi connectivity index (χ0n) is 14.0. The van der Waals surface area contributed by atoms with Crippen LogP contribution >= 0.6 is 11.8 Å². The molecule has 0 saturated heterocycles. The third kappa shape index (κ3) is 7.21. The highest BCUT2D eigenvalue weighted by Crippen LogP contribution is 2.28. The molecule has 5 nitrogen and oxygen atoms in total. The lowest BCUT2D eigenvalue weighted by molar-refractivity contribution is -0.122. The number of thioether (sulfide) groups is 1. The Balaban J connectivity index is 1.49. The number of rotatable bonds is 9. The van der Waals surface area contributed by atoms with E-state index in [0.29, 0.717) is 13.1 Å². The lowest BCUT2D eigenvalue weighted by atomic mass is 10.4. The average Bonchev–Trinajstić information content (AvgIpc) is 3.43. The second kappa shape index (κ2) is 10.2. The van der Waals surface area contributed by atoms with Crippen molar-refractivity contribution in [1.82, 2.24) is 16.0 Å². The Morgan fingerprint density at radius 2 is 1.83 bits per heavy atom. The van der Waals surface area contributed by atoms with Gasteiger partial charge < -0.3 is 16.0 Å². The predicted molar refractivity (Wildman–Crippen MR) is 96.8 cm³/mol. The first-order valence-electron chi connectivity index (χ1n) is 8.29. The van der Waals surface area contributed by atoms with Gasteiger partial charge in [0, 0.05) is 37.5 Å². The number of hydrogen-bond acceptors (Lipinski definition) is 3. The smallest absolute Gasteiger partial charge is 0.223 e. The zero-order chi connectivity index (χ0) is 17.2. The maximum absolute atomic E-state index is 12.8. The van der Waals surface area contributed by atoms with Crippen molar-refractivity contribution >= 4 is 23.6 Å². The van der Waals surface area contributed by atoms with Crippen LogP contribution in [0.4, 0.5) is 4.39 Å². The molecule has 0 aliphatic heterocycles. The maximum Gasteiger partial charge on any atom is 0.223 e. The number of amides is 1. The molecule has 0 unspecified atom stereocenters. The quantitative estimate of drug-likeness (QED) is 0.275. The summed E-state index contributed by atoms with van der Waals surface area (Å²) < 4.78 is 12.8. The fourth-order valence-electron chi connectivity index (χ4n) is 2.08. The van der Waals surface area contributed by atoms with Gasteiger partial charge in [-0.05, 0) is 49.3 Å². The van der Waals surface area contributed by atoms with Gasteiger partial charge in [-0.15, -0.1) is 11.8 Å². The largest absolute Gasteiger partial charge is 0.356 e. The summed E-state index contributed by atoms with van der Waals surface area (Å²) in [6.45, 7) is 2.07. The summed E-state index contributed by atoms with van der Waals surface area (Å²) in [5.41, 5.74) is 0. The first-order chi connectivity index (χ1) is 11.7. The van der Waals surface area contributed by atoms with Crippen LogP contribution in [0.2, 0.25) is 0 Å². The van der Waals surface area contributed by atoms with Gasteiger partial charge in [-0.25, -0.2) is 4.39 Å². The van der Waals surface area contributed by atoms with E-state index in [1.807, 2.05) is 0 Å². The number of guanidine groups is 1. The van der Waals surface area contributed by atoms with E-state index >= 15 is 0 Å². The Morgan fingerprint density at radius 3 is 2.50 bits per heavy atom. The molecule has 0 spiro atoms. The number of carbonyl (C=O) groups is 1. The van der Waals surface area contributed by atoms with Crippen LogP contribution in [0.25, 0.3) is 0 Å². The van der Waals surface area contributed by atoms with Gasteiger partial charge in [-0.2, -0.15) is 0 Å². The minimum Gasteiger partial charge on any atom is -0.356 e. The monoisotopic (exact) mass is 352 g/mol. The van der Waals surface area contributed by atoms with Crippen LogP contribution < -0.4 is 16.0 Å². The summed E-state index contributed by atoms with van der Waals surface area (Å²) in [6, 6.07) is 6.55. The van der Waals surface area contributed by atoms with Gasteiger partial charge in [0.05, 0.1) is 0 Å². The van der Waals surface area contributed by atoms with Crippen LogP contribution in [0.5, 0.6) is 0 Å². The molecule has 1 fully saturated rings. The van der Waals surface area contributed by atoms with Crippen molar-refractivity contribution in [2.24, 2.45) is 10.9 Å². The van der Waals surface area contributed by atoms with Crippen LogP contribution in [-0.2, 0) is 4.79 Å². The molecule has 1 aromatic rings. The molecule has 132 valence electrons. The summed E-state index contributed by atoms with van der Waals surface area (Å²) in [6.07, 6.45) is 3.03. The number of aliphatic imine (C=N–C) groups is 1. The van der Waals surface area contributed by atoms with Crippen LogP contribution in [0.15, 0.2) is 34.2 Å². The van der Waals surface area contributed by atoms with E-state index in [0.717, 1.165) is 42.4 Å². The molecule has 3 N–H and O–H groups in total. The van der Waals surface area contributed by atoms with Crippen molar-refractivity contribution in [2.75, 3.05) is 32.4 Å². The number of nitrogens with zero attached hydrogens (tertiary/aromatic N) is 1. The van der Waals surface area contributed by atoms with Gasteiger partial charge in [-0.1, -0.05) is 0 Å². The van der Waals surface area contributed by atoms with E-state index in [9.17, 15) is 9.18 Å². The average molecular weight is 352 g/mol. The second-order valence-corrected chi connectivity index (χ2v) is 6.82. The fourth-order valence-corrected chi connectivity index (χ4v) is 2.93. The Kier molecular flexibility index (Phi) is 7.88. The molecule has 24 heavy (non-hydrogen) atoms. The molecule has 7 heteroatoms. The molecule has 1 saturated carbocycles. The van der Waals surface area contributed by atoms with E-state index in [1.165, 1.54) is 12.1 Å². The number of hydrogen-bond donors (Lipinski definition) is 3. The number of nitrogens with one attached hydrogen (secondary N) is 3. The Hall–Kier alpha value is -1.76. The molecular formula is C17H25FN4OS. The molecule has 0 bridgehead atoms. The standard InChI is InChI=1S/C17H25FN4OS/c1-19-17(22-11-10-20-16(23)13-3-4-13)21-9-2-12-24-15-7-5-14(18)6-8-15/h5-8,13H,2-4,9-12H2,1H3,(H,20,23)(H2,19,21,22). The third-order valence-corrected chi connectivity index (χ3v) is 4.68. The summed E-state index contributed by atoms with van der Waals surface area (Å²) >= 11 is 1.71. The van der Waals surface area contributed by atoms with E-state index in [-0.39, 0.29) is 17.6 Å². The van der Waals surface area contributed by atoms with Gasteiger partial charge >= 0.3 is 0 Å². The van der Waals surface area contributed by atoms with Gasteiger partial charge in [0.25, 0.3) is 0 Å². The highest BCUT2D eigenvalue weighted by atomic mass is 32.2. The van der Waals surface area contributed by atoms with Gasteiger partial charge in [0.2, 0.25) is 5.91 Å². The molecule has 0 radical (unpaired) electrons. The fraction of sp³-hybridized carbons (Fsp3) is 0.529. The van der Waals surface area contributed by atoms with E-state index in [2.05, 4.69) is 20.9 Å². The normalized spacial score (nSPS) is 14.3. The molecule has 0 aromatic heterocycles. The minimum absolute atomic E-state index is 0.164. The molecule has 0 atom stereocenters. The number of halogens is 1. The van der Waals surface area contributed by atoms with E-state index in [1.54, 1.807) is 30.9 Å². The summed E-state index contributed by atoms with van der Waals surface area (Å²) in [5, 5.41) is 9.32. The molecular weight excluding hydrogens is 327 g/mol. The van der Waals surface area contributed by atoms with Gasteiger partial charge in [-0.3, -0.25) is 9.79 Å². The maximum atomic E-state index is 12.8. The molecule has 1 aliphatic rings. The Morgan fingerprint density at radius 1 is 1.17 bits per heavy atom. The van der Waals surface area contributed by atoms with Crippen molar-refractivity contribution in [2.45, 2.75) is 24.2 Å². The van der Waals surface area contributed by atoms with Crippen molar-refractivity contribution in [3.8, 4) is 0 Å². The van der Waals surface area contributed by atoms with E-state index < -0.39 is 0 Å². The highest BCUT2D eigenvalue weighted by molar-refractivity contribution is 7.99. The molecule has 2 rings (SSSR count). The number of benzene rings is 1. The van der Waals surface area contributed by atoms with Gasteiger partial charge in [0.1, 0.15) is 5.82 Å². The molecule has 0 heterocycles. The molecule has 1 aromatic carbocycles. The molecule has 1 amide bonds. The third-order valence-electron chi connectivity index (χ3n) is 3.58. The predicted octanol–water partition coefficient (Wildman–Crippen LogP) is 2.00. The Bertz CT molecular complexity index is 546. The van der Waals surface area contributed by atoms with Crippen LogP contribution in [-0.4, -0.2) is 44.3 Å². The topological polar surface area (TPSA) is 65.5 Å². The summed E-state index contributed by atoms with van der Waals surface area (Å²) in [5.74, 6) is 1.90. The van der Waals surface area contributed by atoms with Crippen molar-refractivity contribution < 1.29 is 9.18 Å². The number of carbonyl (C=O) groups excluding carboxylic acids is 1. The summed E-state index contributed by atoms with van der Waals surface area (Å²) in [4.78, 5) is 16.7. The first kappa shape index (κ1) is 18.6. The van der Waals surface area contributed by atoms with Crippen LogP contribution in [0.3, 0.4) is 0 Å². The SMILES string of the molecule is CN=C(NCCCSc1ccc(F)cc1)NCCNC(=O)C1CC1. The first-order valence-corrected chi connectivity index (χ1v) is 9.28. The molecule has 1 aliphatic carbocycles. The van der Waals surface area contributed by atoms with E-state index in [4.69, 9.17) is 0 Å². The Labute approximate surface area is 146 Å². The second-order valence-electron chi connectivity index (χ2n) is 5.65. The van der Waals surface area contributed by atoms with Crippen molar-refractivity contribution in [3.63, 3.8) is 0 Å². The zero-order valence-corrected chi connectivity index (χ0v) is 14.8. The van der Waals surface area contributed by atoms with Crippen LogP contribution in [0, 0.1) is 11.7 Å². The van der Waals surface area contributed by atoms with Crippen molar-refractivity contribution in [1.29, 1.82) is 0 Å². The lowest BCUT2D eigenvalue weighted by Gasteiger charge is -2.12. The minimum atomic E-state index is -0.204. The summed E-state index contributed by atoms with van der Waals surface area (Å²) in [7, 11) is 1.73.